The second kappa shape index (κ2) is 14.3. The third-order valence-corrected chi connectivity index (χ3v) is 9.10. The Morgan fingerprint density at radius 3 is 2.29 bits per heavy atom. The number of halogens is 2. The lowest BCUT2D eigenvalue weighted by molar-refractivity contribution is -0.138. The predicted molar refractivity (Wildman–Crippen MR) is 172 cm³/mol. The summed E-state index contributed by atoms with van der Waals surface area (Å²) in [7, 11) is 0. The molecular weight excluding hydrogens is 617 g/mol. The maximum Gasteiger partial charge on any atom is 0.303 e. The Morgan fingerprint density at radius 2 is 1.64 bits per heavy atom. The van der Waals surface area contributed by atoms with Crippen LogP contribution in [0, 0.1) is 5.92 Å². The van der Waals surface area contributed by atoms with Crippen LogP contribution in [0.25, 0.3) is 11.3 Å². The van der Waals surface area contributed by atoms with Crippen LogP contribution in [0.4, 0.5) is 5.95 Å². The van der Waals surface area contributed by atoms with E-state index in [1.165, 1.54) is 0 Å². The van der Waals surface area contributed by atoms with Crippen molar-refractivity contribution < 1.29 is 19.4 Å². The molecule has 13 heteroatoms. The number of aromatic nitrogens is 3. The molecule has 3 aliphatic rings. The van der Waals surface area contributed by atoms with E-state index in [9.17, 15) is 9.59 Å². The molecule has 238 valence electrons. The summed E-state index contributed by atoms with van der Waals surface area (Å²) in [6.45, 7) is 5.84. The standard InChI is InChI=1S/C32H37Cl2N7O4/c33-24-15-23(16-25(34)17-24)28-12-22(20-39-6-3-21(4-7-39)14-30(42)43)13-29(38-28)45-26-18-36-32(37-19-26)41-10-8-40(9-11-41)31(44)27-2-1-5-35-27/h12-13,15-19,21,27,35H,1-11,14,20H2,(H,42,43)/t27-/m0/s1. The Morgan fingerprint density at radius 1 is 0.933 bits per heavy atom. The van der Waals surface area contributed by atoms with E-state index in [0.717, 1.165) is 56.4 Å². The van der Waals surface area contributed by atoms with Crippen LogP contribution in [-0.4, -0.2) is 93.6 Å². The van der Waals surface area contributed by atoms with Gasteiger partial charge in [0, 0.05) is 60.8 Å². The minimum absolute atomic E-state index is 0.0521. The van der Waals surface area contributed by atoms with Gasteiger partial charge in [-0.05, 0) is 81.1 Å². The zero-order chi connectivity index (χ0) is 31.3. The number of carbonyl (C=O) groups excluding carboxylic acids is 1. The van der Waals surface area contributed by atoms with E-state index in [2.05, 4.69) is 25.1 Å². The third-order valence-electron chi connectivity index (χ3n) is 8.67. The normalized spacial score (nSPS) is 19.6. The highest BCUT2D eigenvalue weighted by atomic mass is 35.5. The topological polar surface area (TPSA) is 124 Å². The number of likely N-dealkylation sites (tertiary alicyclic amines) is 1. The average Bonchev–Trinajstić information content (AvgIpc) is 3.57. The number of ether oxygens (including phenoxy) is 1. The first-order valence-electron chi connectivity index (χ1n) is 15.5. The number of hydrogen-bond acceptors (Lipinski definition) is 9. The van der Waals surface area contributed by atoms with Gasteiger partial charge in [0.1, 0.15) is 0 Å². The zero-order valence-electron chi connectivity index (χ0n) is 25.0. The van der Waals surface area contributed by atoms with Gasteiger partial charge in [-0.2, -0.15) is 0 Å². The van der Waals surface area contributed by atoms with Crippen molar-refractivity contribution in [3.63, 3.8) is 0 Å². The van der Waals surface area contributed by atoms with Crippen LogP contribution in [0.1, 0.15) is 37.7 Å². The number of nitrogens with one attached hydrogen (secondary N) is 1. The number of carboxylic acid groups (broad SMARTS) is 1. The van der Waals surface area contributed by atoms with Gasteiger partial charge in [-0.3, -0.25) is 14.5 Å². The molecule has 1 atom stereocenters. The quantitative estimate of drug-likeness (QED) is 0.335. The van der Waals surface area contributed by atoms with E-state index in [1.807, 2.05) is 29.2 Å². The molecule has 3 aliphatic heterocycles. The first kappa shape index (κ1) is 31.5. The van der Waals surface area contributed by atoms with E-state index in [0.29, 0.717) is 66.0 Å². The monoisotopic (exact) mass is 653 g/mol. The highest BCUT2D eigenvalue weighted by Gasteiger charge is 2.30. The van der Waals surface area contributed by atoms with Crippen molar-refractivity contribution in [2.75, 3.05) is 50.7 Å². The molecule has 0 unspecified atom stereocenters. The molecule has 3 aromatic rings. The number of pyridine rings is 1. The molecule has 45 heavy (non-hydrogen) atoms. The number of carbonyl (C=O) groups is 2. The number of nitrogens with zero attached hydrogens (tertiary/aromatic N) is 6. The zero-order valence-corrected chi connectivity index (χ0v) is 26.5. The number of rotatable bonds is 9. The van der Waals surface area contributed by atoms with Crippen molar-refractivity contribution in [2.45, 2.75) is 44.7 Å². The largest absolute Gasteiger partial charge is 0.481 e. The van der Waals surface area contributed by atoms with Gasteiger partial charge in [0.2, 0.25) is 17.7 Å². The second-order valence-corrected chi connectivity index (χ2v) is 12.8. The Balaban J connectivity index is 1.13. The first-order chi connectivity index (χ1) is 21.8. The van der Waals surface area contributed by atoms with Crippen LogP contribution in [0.3, 0.4) is 0 Å². The minimum Gasteiger partial charge on any atom is -0.481 e. The molecule has 1 aromatic carbocycles. The summed E-state index contributed by atoms with van der Waals surface area (Å²) in [4.78, 5) is 44.1. The molecule has 0 spiro atoms. The fraction of sp³-hybridized carbons (Fsp3) is 0.469. The van der Waals surface area contributed by atoms with Crippen LogP contribution < -0.4 is 15.0 Å². The van der Waals surface area contributed by atoms with E-state index < -0.39 is 5.97 Å². The Kier molecular flexibility index (Phi) is 9.99. The van der Waals surface area contributed by atoms with E-state index in [1.54, 1.807) is 18.5 Å². The maximum absolute atomic E-state index is 12.7. The molecule has 11 nitrogen and oxygen atoms in total. The number of benzene rings is 1. The fourth-order valence-corrected chi connectivity index (χ4v) is 6.82. The lowest BCUT2D eigenvalue weighted by Gasteiger charge is -2.35. The molecule has 0 bridgehead atoms. The van der Waals surface area contributed by atoms with Gasteiger partial charge in [-0.1, -0.05) is 23.2 Å². The van der Waals surface area contributed by atoms with Gasteiger partial charge in [-0.25, -0.2) is 15.0 Å². The minimum atomic E-state index is -0.738. The van der Waals surface area contributed by atoms with Gasteiger partial charge in [0.15, 0.2) is 5.75 Å². The van der Waals surface area contributed by atoms with E-state index in [-0.39, 0.29) is 24.3 Å². The van der Waals surface area contributed by atoms with Crippen LogP contribution in [0.15, 0.2) is 42.7 Å². The van der Waals surface area contributed by atoms with Crippen LogP contribution in [0.2, 0.25) is 10.0 Å². The number of carboxylic acids is 1. The first-order valence-corrected chi connectivity index (χ1v) is 16.2. The van der Waals surface area contributed by atoms with Gasteiger partial charge in [0.25, 0.3) is 0 Å². The highest BCUT2D eigenvalue weighted by Crippen LogP contribution is 2.31. The van der Waals surface area contributed by atoms with Crippen LogP contribution in [-0.2, 0) is 16.1 Å². The summed E-state index contributed by atoms with van der Waals surface area (Å²) >= 11 is 12.6. The number of piperidine rings is 1. The van der Waals surface area contributed by atoms with Crippen molar-refractivity contribution in [3.05, 3.63) is 58.3 Å². The molecule has 6 rings (SSSR count). The molecule has 1 amide bonds. The Labute approximate surface area is 272 Å². The summed E-state index contributed by atoms with van der Waals surface area (Å²) < 4.78 is 6.18. The van der Waals surface area contributed by atoms with E-state index in [4.69, 9.17) is 38.0 Å². The van der Waals surface area contributed by atoms with Crippen LogP contribution in [0.5, 0.6) is 11.6 Å². The molecule has 0 radical (unpaired) electrons. The number of aliphatic carboxylic acids is 1. The molecule has 2 N–H and O–H groups in total. The Bertz CT molecular complexity index is 1480. The van der Waals surface area contributed by atoms with Gasteiger partial charge in [-0.15, -0.1) is 0 Å². The third kappa shape index (κ3) is 8.21. The van der Waals surface area contributed by atoms with Crippen molar-refractivity contribution in [2.24, 2.45) is 5.92 Å². The summed E-state index contributed by atoms with van der Waals surface area (Å²) in [5.41, 5.74) is 2.44. The summed E-state index contributed by atoms with van der Waals surface area (Å²) in [5.74, 6) is 1.10. The molecule has 5 heterocycles. The number of anilines is 1. The molecule has 3 saturated heterocycles. The lowest BCUT2D eigenvalue weighted by atomic mass is 9.93. The number of piperazine rings is 1. The van der Waals surface area contributed by atoms with Crippen LogP contribution >= 0.6 is 23.2 Å². The number of hydrogen-bond donors (Lipinski definition) is 2. The predicted octanol–water partition coefficient (Wildman–Crippen LogP) is 4.73. The van der Waals surface area contributed by atoms with Gasteiger partial charge < -0.3 is 25.0 Å². The second-order valence-electron chi connectivity index (χ2n) is 12.0. The van der Waals surface area contributed by atoms with Crippen molar-refractivity contribution in [3.8, 4) is 22.9 Å². The van der Waals surface area contributed by atoms with Gasteiger partial charge in [0.05, 0.1) is 24.1 Å². The van der Waals surface area contributed by atoms with Crippen molar-refractivity contribution >= 4 is 41.0 Å². The highest BCUT2D eigenvalue weighted by molar-refractivity contribution is 6.35. The smallest absolute Gasteiger partial charge is 0.303 e. The molecule has 2 aromatic heterocycles. The van der Waals surface area contributed by atoms with Crippen molar-refractivity contribution in [1.29, 1.82) is 0 Å². The SMILES string of the molecule is O=C(O)CC1CCN(Cc2cc(Oc3cnc(N4CCN(C(=O)[C@@H]5CCCN5)CC4)nc3)nc(-c3cc(Cl)cc(Cl)c3)c2)CC1. The van der Waals surface area contributed by atoms with Crippen molar-refractivity contribution in [1.82, 2.24) is 30.1 Å². The maximum atomic E-state index is 12.7. The molecular formula is C32H37Cl2N7O4. The molecule has 3 fully saturated rings. The summed E-state index contributed by atoms with van der Waals surface area (Å²) in [5, 5.41) is 13.5. The lowest BCUT2D eigenvalue weighted by Crippen LogP contribution is -2.53. The van der Waals surface area contributed by atoms with E-state index >= 15 is 0 Å². The number of amides is 1. The average molecular weight is 655 g/mol. The molecule has 0 aliphatic carbocycles. The fourth-order valence-electron chi connectivity index (χ4n) is 6.29. The molecule has 0 saturated carbocycles. The summed E-state index contributed by atoms with van der Waals surface area (Å²) in [6.07, 6.45) is 7.15. The Hall–Kier alpha value is -3.51. The summed E-state index contributed by atoms with van der Waals surface area (Å²) in [6, 6.07) is 9.17. The van der Waals surface area contributed by atoms with Gasteiger partial charge >= 0.3 is 5.97 Å².